The van der Waals surface area contributed by atoms with Crippen molar-refractivity contribution in [1.29, 1.82) is 0 Å². The van der Waals surface area contributed by atoms with Crippen molar-refractivity contribution >= 4 is 21.8 Å². The third kappa shape index (κ3) is 3.97. The van der Waals surface area contributed by atoms with Crippen molar-refractivity contribution in [3.63, 3.8) is 0 Å². The highest BCUT2D eigenvalue weighted by Gasteiger charge is 2.26. The average molecular weight is 379 g/mol. The molecule has 3 rings (SSSR count). The van der Waals surface area contributed by atoms with E-state index in [-0.39, 0.29) is 11.8 Å². The minimum Gasteiger partial charge on any atom is -0.359 e. The van der Waals surface area contributed by atoms with Crippen molar-refractivity contribution in [2.24, 2.45) is 5.92 Å². The molecule has 0 radical (unpaired) electrons. The molecule has 1 aromatic heterocycles. The molecular weight excluding hydrogens is 360 g/mol. The number of carbonyl (C=O) groups is 1. The van der Waals surface area contributed by atoms with Crippen molar-refractivity contribution in [2.75, 3.05) is 20.1 Å². The lowest BCUT2D eigenvalue weighted by Gasteiger charge is -2.30. The predicted molar refractivity (Wildman–Crippen MR) is 89.5 cm³/mol. The Bertz CT molecular complexity index is 671. The van der Waals surface area contributed by atoms with Crippen molar-refractivity contribution < 1.29 is 9.32 Å². The van der Waals surface area contributed by atoms with Crippen LogP contribution >= 0.6 is 15.9 Å². The molecule has 122 valence electrons. The summed E-state index contributed by atoms with van der Waals surface area (Å²) in [4.78, 5) is 18.4. The van der Waals surface area contributed by atoms with Gasteiger partial charge in [0.15, 0.2) is 0 Å². The van der Waals surface area contributed by atoms with Gasteiger partial charge in [-0.1, -0.05) is 21.1 Å². The van der Waals surface area contributed by atoms with Gasteiger partial charge >= 0.3 is 0 Å². The molecule has 0 aliphatic carbocycles. The molecule has 2 aromatic rings. The van der Waals surface area contributed by atoms with Crippen molar-refractivity contribution in [2.45, 2.75) is 19.4 Å². The summed E-state index contributed by atoms with van der Waals surface area (Å²) < 4.78 is 6.37. The Labute approximate surface area is 143 Å². The summed E-state index contributed by atoms with van der Waals surface area (Å²) in [6.07, 6.45) is 1.94. The first kappa shape index (κ1) is 16.1. The van der Waals surface area contributed by atoms with Gasteiger partial charge in [0.25, 0.3) is 0 Å². The number of amides is 1. The maximum Gasteiger partial charge on any atom is 0.241 e. The Kier molecular flexibility index (Phi) is 5.07. The number of likely N-dealkylation sites (tertiary alicyclic amines) is 1. The number of hydrogen-bond acceptors (Lipinski definition) is 5. The van der Waals surface area contributed by atoms with Gasteiger partial charge in [-0.25, -0.2) is 0 Å². The second kappa shape index (κ2) is 7.23. The number of rotatable bonds is 4. The van der Waals surface area contributed by atoms with Crippen LogP contribution < -0.4 is 5.32 Å². The fourth-order valence-electron chi connectivity index (χ4n) is 2.84. The van der Waals surface area contributed by atoms with Crippen LogP contribution in [0.1, 0.15) is 18.7 Å². The van der Waals surface area contributed by atoms with Crippen LogP contribution in [0.2, 0.25) is 0 Å². The van der Waals surface area contributed by atoms with E-state index >= 15 is 0 Å². The molecule has 1 aliphatic rings. The van der Waals surface area contributed by atoms with Crippen LogP contribution in [0, 0.1) is 5.92 Å². The number of benzene rings is 1. The monoisotopic (exact) mass is 378 g/mol. The summed E-state index contributed by atoms with van der Waals surface area (Å²) in [5.74, 6) is 1.33. The second-order valence-corrected chi connectivity index (χ2v) is 6.62. The molecule has 1 fully saturated rings. The van der Waals surface area contributed by atoms with E-state index < -0.39 is 0 Å². The van der Waals surface area contributed by atoms with E-state index in [1.807, 2.05) is 24.3 Å². The Morgan fingerprint density at radius 1 is 1.43 bits per heavy atom. The number of nitrogens with one attached hydrogen (secondary N) is 1. The predicted octanol–water partition coefficient (Wildman–Crippen LogP) is 2.46. The van der Waals surface area contributed by atoms with Gasteiger partial charge in [0.1, 0.15) is 0 Å². The molecule has 23 heavy (non-hydrogen) atoms. The molecule has 0 spiro atoms. The van der Waals surface area contributed by atoms with E-state index in [1.54, 1.807) is 7.05 Å². The van der Waals surface area contributed by atoms with Crippen LogP contribution in [0.4, 0.5) is 0 Å². The lowest BCUT2D eigenvalue weighted by Crippen LogP contribution is -2.41. The molecule has 0 saturated carbocycles. The molecule has 1 saturated heterocycles. The van der Waals surface area contributed by atoms with Crippen LogP contribution in [0.15, 0.2) is 33.3 Å². The van der Waals surface area contributed by atoms with E-state index in [4.69, 9.17) is 4.52 Å². The van der Waals surface area contributed by atoms with Gasteiger partial charge in [-0.05, 0) is 43.7 Å². The van der Waals surface area contributed by atoms with Gasteiger partial charge in [0.05, 0.1) is 12.5 Å². The van der Waals surface area contributed by atoms with Crippen LogP contribution in [0.5, 0.6) is 0 Å². The van der Waals surface area contributed by atoms with Crippen LogP contribution in [-0.2, 0) is 11.3 Å². The zero-order valence-corrected chi connectivity index (χ0v) is 14.5. The van der Waals surface area contributed by atoms with Gasteiger partial charge in [0, 0.05) is 23.6 Å². The summed E-state index contributed by atoms with van der Waals surface area (Å²) in [6.45, 7) is 2.26. The van der Waals surface area contributed by atoms with Crippen molar-refractivity contribution in [1.82, 2.24) is 20.4 Å². The lowest BCUT2D eigenvalue weighted by molar-refractivity contribution is -0.126. The average Bonchev–Trinajstić information content (AvgIpc) is 3.03. The Hall–Kier alpha value is -1.73. The van der Waals surface area contributed by atoms with E-state index in [2.05, 4.69) is 36.3 Å². The van der Waals surface area contributed by atoms with Crippen molar-refractivity contribution in [3.05, 3.63) is 34.6 Å². The maximum absolute atomic E-state index is 11.8. The summed E-state index contributed by atoms with van der Waals surface area (Å²) in [5.41, 5.74) is 0.921. The van der Waals surface area contributed by atoms with Gasteiger partial charge in [-0.15, -0.1) is 0 Å². The summed E-state index contributed by atoms with van der Waals surface area (Å²) in [6, 6.07) is 7.79. The minimum absolute atomic E-state index is 0.0441. The standard InChI is InChI=1S/C16H19BrN4O2/c1-18-16(22)12-3-2-8-21(9-12)10-14-19-15(20-23-14)11-4-6-13(17)7-5-11/h4-7,12H,2-3,8-10H2,1H3,(H,18,22). The summed E-state index contributed by atoms with van der Waals surface area (Å²) >= 11 is 3.41. The first-order valence-electron chi connectivity index (χ1n) is 7.68. The largest absolute Gasteiger partial charge is 0.359 e. The highest BCUT2D eigenvalue weighted by Crippen LogP contribution is 2.21. The van der Waals surface area contributed by atoms with E-state index in [1.165, 1.54) is 0 Å². The Morgan fingerprint density at radius 2 is 2.22 bits per heavy atom. The molecule has 1 unspecified atom stereocenters. The van der Waals surface area contributed by atoms with E-state index in [0.717, 1.165) is 36.0 Å². The fraction of sp³-hybridized carbons (Fsp3) is 0.438. The zero-order valence-electron chi connectivity index (χ0n) is 13.0. The van der Waals surface area contributed by atoms with Gasteiger partial charge in [-0.3, -0.25) is 9.69 Å². The molecule has 2 heterocycles. The maximum atomic E-state index is 11.8. The van der Waals surface area contributed by atoms with Gasteiger partial charge in [0.2, 0.25) is 17.6 Å². The number of aromatic nitrogens is 2. The smallest absolute Gasteiger partial charge is 0.241 e. The SMILES string of the molecule is CNC(=O)C1CCCN(Cc2nc(-c3ccc(Br)cc3)no2)C1. The number of halogens is 1. The Balaban J connectivity index is 1.64. The summed E-state index contributed by atoms with van der Waals surface area (Å²) in [7, 11) is 1.68. The highest BCUT2D eigenvalue weighted by atomic mass is 79.9. The minimum atomic E-state index is 0.0441. The molecule has 1 N–H and O–H groups in total. The molecule has 1 aromatic carbocycles. The second-order valence-electron chi connectivity index (χ2n) is 5.71. The van der Waals surface area contributed by atoms with Gasteiger partial charge < -0.3 is 9.84 Å². The highest BCUT2D eigenvalue weighted by molar-refractivity contribution is 9.10. The normalized spacial score (nSPS) is 18.8. The third-order valence-electron chi connectivity index (χ3n) is 4.05. The molecule has 1 amide bonds. The summed E-state index contributed by atoms with van der Waals surface area (Å²) in [5, 5.41) is 6.77. The first-order valence-corrected chi connectivity index (χ1v) is 8.47. The van der Waals surface area contributed by atoms with Crippen molar-refractivity contribution in [3.8, 4) is 11.4 Å². The van der Waals surface area contributed by atoms with E-state index in [9.17, 15) is 4.79 Å². The number of nitrogens with zero attached hydrogens (tertiary/aromatic N) is 3. The number of carbonyl (C=O) groups excluding carboxylic acids is 1. The number of piperidine rings is 1. The molecule has 1 aliphatic heterocycles. The lowest BCUT2D eigenvalue weighted by atomic mass is 9.97. The van der Waals surface area contributed by atoms with Gasteiger partial charge in [-0.2, -0.15) is 4.98 Å². The molecular formula is C16H19BrN4O2. The van der Waals surface area contributed by atoms with Crippen LogP contribution in [0.3, 0.4) is 0 Å². The zero-order chi connectivity index (χ0) is 16.2. The Morgan fingerprint density at radius 3 is 2.96 bits per heavy atom. The molecule has 0 bridgehead atoms. The van der Waals surface area contributed by atoms with E-state index in [0.29, 0.717) is 18.3 Å². The molecule has 6 nitrogen and oxygen atoms in total. The van der Waals surface area contributed by atoms with Crippen LogP contribution in [-0.4, -0.2) is 41.1 Å². The molecule has 7 heteroatoms. The first-order chi connectivity index (χ1) is 11.2. The third-order valence-corrected chi connectivity index (χ3v) is 4.58. The number of hydrogen-bond donors (Lipinski definition) is 1. The fourth-order valence-corrected chi connectivity index (χ4v) is 3.11. The topological polar surface area (TPSA) is 71.3 Å². The van der Waals surface area contributed by atoms with Crippen LogP contribution in [0.25, 0.3) is 11.4 Å². The quantitative estimate of drug-likeness (QED) is 0.884. The molecule has 1 atom stereocenters.